The second-order valence-corrected chi connectivity index (χ2v) is 8.37. The van der Waals surface area contributed by atoms with Crippen LogP contribution in [0.2, 0.25) is 0 Å². The average molecular weight is 496 g/mol. The standard InChI is InChI=1S/C28H25N5O4/c29-22-3-1-2-4-23(22)33-27(34)19-7-9-21(10-8-19)36-14-13-32-28(35)25-17-20-6-5-18(15-24(20)37-25)16-26-30-11-12-31-26/h1-12,15,17H,13-14,16,29H2,(H,30,31)(H,32,35)(H,33,34). The number of nitrogens with zero attached hydrogens (tertiary/aromatic N) is 1. The van der Waals surface area contributed by atoms with Gasteiger partial charge in [0, 0.05) is 29.8 Å². The molecule has 0 fully saturated rings. The van der Waals surface area contributed by atoms with E-state index in [1.54, 1.807) is 67.0 Å². The Balaban J connectivity index is 1.10. The smallest absolute Gasteiger partial charge is 0.287 e. The highest BCUT2D eigenvalue weighted by Crippen LogP contribution is 2.22. The van der Waals surface area contributed by atoms with Crippen LogP contribution in [0.3, 0.4) is 0 Å². The zero-order chi connectivity index (χ0) is 25.6. The maximum atomic E-state index is 12.5. The van der Waals surface area contributed by atoms with Gasteiger partial charge < -0.3 is 30.5 Å². The van der Waals surface area contributed by atoms with Crippen LogP contribution in [0.25, 0.3) is 11.0 Å². The molecule has 5 N–H and O–H groups in total. The summed E-state index contributed by atoms with van der Waals surface area (Å²) < 4.78 is 11.4. The van der Waals surface area contributed by atoms with Gasteiger partial charge in [0.1, 0.15) is 23.8 Å². The molecule has 0 aliphatic heterocycles. The number of imidazole rings is 1. The first-order chi connectivity index (χ1) is 18.0. The van der Waals surface area contributed by atoms with Gasteiger partial charge in [-0.05, 0) is 54.1 Å². The monoisotopic (exact) mass is 495 g/mol. The molecule has 186 valence electrons. The molecule has 5 rings (SSSR count). The Labute approximate surface area is 212 Å². The van der Waals surface area contributed by atoms with E-state index in [9.17, 15) is 9.59 Å². The number of aromatic nitrogens is 2. The number of nitrogen functional groups attached to an aromatic ring is 1. The summed E-state index contributed by atoms with van der Waals surface area (Å²) in [5.74, 6) is 1.09. The SMILES string of the molecule is Nc1ccccc1NC(=O)c1ccc(OCCNC(=O)c2cc3ccc(Cc4ncc[nH]4)cc3o2)cc1. The van der Waals surface area contributed by atoms with E-state index in [0.29, 0.717) is 34.7 Å². The largest absolute Gasteiger partial charge is 0.492 e. The Bertz CT molecular complexity index is 1520. The van der Waals surface area contributed by atoms with E-state index in [2.05, 4.69) is 20.6 Å². The molecule has 37 heavy (non-hydrogen) atoms. The molecule has 9 heteroatoms. The summed E-state index contributed by atoms with van der Waals surface area (Å²) in [5.41, 5.74) is 9.07. The lowest BCUT2D eigenvalue weighted by atomic mass is 10.1. The summed E-state index contributed by atoms with van der Waals surface area (Å²) in [6.45, 7) is 0.542. The first kappa shape index (κ1) is 23.7. The number of aromatic amines is 1. The highest BCUT2D eigenvalue weighted by atomic mass is 16.5. The summed E-state index contributed by atoms with van der Waals surface area (Å²) in [6.07, 6.45) is 4.14. The zero-order valence-electron chi connectivity index (χ0n) is 19.9. The van der Waals surface area contributed by atoms with E-state index in [1.807, 2.05) is 18.2 Å². The van der Waals surface area contributed by atoms with Crippen LogP contribution in [-0.2, 0) is 6.42 Å². The van der Waals surface area contributed by atoms with E-state index in [1.165, 1.54) is 0 Å². The minimum Gasteiger partial charge on any atom is -0.492 e. The van der Waals surface area contributed by atoms with E-state index in [4.69, 9.17) is 14.9 Å². The molecule has 0 bridgehead atoms. The van der Waals surface area contributed by atoms with E-state index >= 15 is 0 Å². The van der Waals surface area contributed by atoms with Crippen molar-refractivity contribution in [1.29, 1.82) is 0 Å². The number of furan rings is 1. The predicted molar refractivity (Wildman–Crippen MR) is 141 cm³/mol. The molecule has 9 nitrogen and oxygen atoms in total. The molecule has 2 aromatic heterocycles. The van der Waals surface area contributed by atoms with Gasteiger partial charge in [-0.2, -0.15) is 0 Å². The van der Waals surface area contributed by atoms with Crippen LogP contribution < -0.4 is 21.1 Å². The van der Waals surface area contributed by atoms with Crippen molar-refractivity contribution in [3.05, 3.63) is 108 Å². The minimum atomic E-state index is -0.320. The average Bonchev–Trinajstić information content (AvgIpc) is 3.58. The number of carbonyl (C=O) groups excluding carboxylic acids is 2. The van der Waals surface area contributed by atoms with Gasteiger partial charge in [-0.3, -0.25) is 9.59 Å². The Morgan fingerprint density at radius 2 is 1.84 bits per heavy atom. The quantitative estimate of drug-likeness (QED) is 0.177. The van der Waals surface area contributed by atoms with Crippen molar-refractivity contribution >= 4 is 34.2 Å². The lowest BCUT2D eigenvalue weighted by Crippen LogP contribution is -2.27. The predicted octanol–water partition coefficient (Wildman–Crippen LogP) is 4.39. The van der Waals surface area contributed by atoms with Crippen LogP contribution in [0.15, 0.2) is 89.6 Å². The van der Waals surface area contributed by atoms with Crippen molar-refractivity contribution in [2.45, 2.75) is 6.42 Å². The molecule has 0 saturated heterocycles. The highest BCUT2D eigenvalue weighted by molar-refractivity contribution is 6.05. The second kappa shape index (κ2) is 10.7. The number of H-pyrrole nitrogens is 1. The van der Waals surface area contributed by atoms with Gasteiger partial charge in [-0.25, -0.2) is 4.98 Å². The molecule has 0 saturated carbocycles. The van der Waals surface area contributed by atoms with Crippen LogP contribution in [0, 0.1) is 0 Å². The summed E-state index contributed by atoms with van der Waals surface area (Å²) in [6, 6.07) is 21.3. The number of benzene rings is 3. The molecule has 0 atom stereocenters. The van der Waals surface area contributed by atoms with Crippen molar-refractivity contribution in [2.75, 3.05) is 24.2 Å². The minimum absolute atomic E-state index is 0.236. The van der Waals surface area contributed by atoms with Crippen molar-refractivity contribution in [3.8, 4) is 5.75 Å². The number of anilines is 2. The highest BCUT2D eigenvalue weighted by Gasteiger charge is 2.13. The third kappa shape index (κ3) is 5.79. The number of fused-ring (bicyclic) bond motifs is 1. The fourth-order valence-electron chi connectivity index (χ4n) is 3.81. The molecule has 2 amide bonds. The lowest BCUT2D eigenvalue weighted by molar-refractivity contribution is 0.0920. The molecular formula is C28H25N5O4. The maximum Gasteiger partial charge on any atom is 0.287 e. The van der Waals surface area contributed by atoms with Crippen LogP contribution in [0.5, 0.6) is 5.75 Å². The Kier molecular flexibility index (Phi) is 6.84. The van der Waals surface area contributed by atoms with Gasteiger partial charge in [0.2, 0.25) is 0 Å². The molecule has 0 radical (unpaired) electrons. The molecule has 0 unspecified atom stereocenters. The number of hydrogen-bond acceptors (Lipinski definition) is 6. The van der Waals surface area contributed by atoms with Crippen molar-refractivity contribution in [3.63, 3.8) is 0 Å². The van der Waals surface area contributed by atoms with Crippen LogP contribution in [0.1, 0.15) is 32.3 Å². The Hall–Kier alpha value is -5.05. The number of ether oxygens (including phenoxy) is 1. The third-order valence-corrected chi connectivity index (χ3v) is 5.72. The van der Waals surface area contributed by atoms with E-state index in [0.717, 1.165) is 16.8 Å². The molecule has 0 spiro atoms. The molecule has 0 aliphatic carbocycles. The van der Waals surface area contributed by atoms with Crippen LogP contribution >= 0.6 is 0 Å². The Morgan fingerprint density at radius 1 is 1.00 bits per heavy atom. The summed E-state index contributed by atoms with van der Waals surface area (Å²) in [4.78, 5) is 32.3. The zero-order valence-corrected chi connectivity index (χ0v) is 19.9. The van der Waals surface area contributed by atoms with Gasteiger partial charge in [-0.1, -0.05) is 24.3 Å². The topological polar surface area (TPSA) is 135 Å². The first-order valence-corrected chi connectivity index (χ1v) is 11.7. The van der Waals surface area contributed by atoms with Crippen molar-refractivity contribution < 1.29 is 18.7 Å². The van der Waals surface area contributed by atoms with Gasteiger partial charge in [0.25, 0.3) is 11.8 Å². The molecule has 3 aromatic carbocycles. The number of amides is 2. The fraction of sp³-hybridized carbons (Fsp3) is 0.107. The van der Waals surface area contributed by atoms with Gasteiger partial charge >= 0.3 is 0 Å². The molecule has 0 aliphatic rings. The van der Waals surface area contributed by atoms with Crippen molar-refractivity contribution in [2.24, 2.45) is 0 Å². The number of rotatable bonds is 9. The number of nitrogens with two attached hydrogens (primary N) is 1. The number of carbonyl (C=O) groups is 2. The van der Waals surface area contributed by atoms with E-state index < -0.39 is 0 Å². The Morgan fingerprint density at radius 3 is 2.62 bits per heavy atom. The summed E-state index contributed by atoms with van der Waals surface area (Å²) in [7, 11) is 0. The number of nitrogens with one attached hydrogen (secondary N) is 3. The summed E-state index contributed by atoms with van der Waals surface area (Å²) >= 11 is 0. The van der Waals surface area contributed by atoms with Crippen LogP contribution in [-0.4, -0.2) is 34.9 Å². The number of para-hydroxylation sites is 2. The van der Waals surface area contributed by atoms with E-state index in [-0.39, 0.29) is 30.7 Å². The summed E-state index contributed by atoms with van der Waals surface area (Å²) in [5, 5.41) is 6.43. The molecular weight excluding hydrogens is 470 g/mol. The lowest BCUT2D eigenvalue weighted by Gasteiger charge is -2.09. The molecule has 5 aromatic rings. The normalized spacial score (nSPS) is 10.8. The molecule has 2 heterocycles. The third-order valence-electron chi connectivity index (χ3n) is 5.72. The van der Waals surface area contributed by atoms with Crippen LogP contribution in [0.4, 0.5) is 11.4 Å². The maximum absolute atomic E-state index is 12.5. The first-order valence-electron chi connectivity index (χ1n) is 11.7. The van der Waals surface area contributed by atoms with Gasteiger partial charge in [0.05, 0.1) is 17.9 Å². The van der Waals surface area contributed by atoms with Gasteiger partial charge in [0.15, 0.2) is 5.76 Å². The van der Waals surface area contributed by atoms with Crippen molar-refractivity contribution in [1.82, 2.24) is 15.3 Å². The second-order valence-electron chi connectivity index (χ2n) is 8.37. The number of hydrogen-bond donors (Lipinski definition) is 4. The van der Waals surface area contributed by atoms with Gasteiger partial charge in [-0.15, -0.1) is 0 Å². The fourth-order valence-corrected chi connectivity index (χ4v) is 3.81.